The summed E-state index contributed by atoms with van der Waals surface area (Å²) in [5, 5.41) is 17.7. The average Bonchev–Trinajstić information content (AvgIpc) is 2.46. The number of hydrogen-bond donors (Lipinski definition) is 0. The highest BCUT2D eigenvalue weighted by atomic mass is 16.5. The highest BCUT2D eigenvalue weighted by Crippen LogP contribution is 2.28. The third-order valence-corrected chi connectivity index (χ3v) is 3.05. The van der Waals surface area contributed by atoms with Gasteiger partial charge in [-0.1, -0.05) is 0 Å². The summed E-state index contributed by atoms with van der Waals surface area (Å²) >= 11 is 0. The number of nitrogens with zero attached hydrogens (tertiary/aromatic N) is 2. The summed E-state index contributed by atoms with van der Waals surface area (Å²) < 4.78 is 10.9. The van der Waals surface area contributed by atoms with Crippen LogP contribution in [0.25, 0.3) is 0 Å². The van der Waals surface area contributed by atoms with Crippen LogP contribution in [0.3, 0.4) is 0 Å². The maximum absolute atomic E-state index is 8.92. The zero-order chi connectivity index (χ0) is 15.0. The molecule has 0 aliphatic heterocycles. The number of methoxy groups -OCH3 is 1. The van der Waals surface area contributed by atoms with E-state index in [9.17, 15) is 0 Å². The Morgan fingerprint density at radius 1 is 1.15 bits per heavy atom. The summed E-state index contributed by atoms with van der Waals surface area (Å²) in [4.78, 5) is 0. The molecule has 0 spiro atoms. The minimum Gasteiger partial charge on any atom is -0.493 e. The summed E-state index contributed by atoms with van der Waals surface area (Å²) in [6, 6.07) is 9.46. The van der Waals surface area contributed by atoms with Crippen LogP contribution < -0.4 is 9.47 Å². The topological polar surface area (TPSA) is 66.0 Å². The first-order chi connectivity index (χ1) is 9.52. The van der Waals surface area contributed by atoms with Crippen LogP contribution in [0.2, 0.25) is 0 Å². The van der Waals surface area contributed by atoms with Crippen molar-refractivity contribution in [3.63, 3.8) is 0 Å². The molecule has 0 saturated heterocycles. The Balaban J connectivity index is 2.43. The molecule has 0 heterocycles. The summed E-state index contributed by atoms with van der Waals surface area (Å²) in [6.45, 7) is 4.46. The molecular weight excluding hydrogens is 252 g/mol. The lowest BCUT2D eigenvalue weighted by Gasteiger charge is -2.15. The molecule has 20 heavy (non-hydrogen) atoms. The Kier molecular flexibility index (Phi) is 5.87. The van der Waals surface area contributed by atoms with Gasteiger partial charge in [0.25, 0.3) is 0 Å². The number of nitriles is 2. The zero-order valence-electron chi connectivity index (χ0n) is 12.3. The number of ether oxygens (including phenoxy) is 2. The largest absolute Gasteiger partial charge is 0.493 e. The van der Waals surface area contributed by atoms with E-state index in [2.05, 4.69) is 12.1 Å². The summed E-state index contributed by atoms with van der Waals surface area (Å²) in [7, 11) is 1.55. The van der Waals surface area contributed by atoms with Gasteiger partial charge in [-0.15, -0.1) is 0 Å². The third kappa shape index (κ3) is 4.82. The molecule has 4 nitrogen and oxygen atoms in total. The van der Waals surface area contributed by atoms with E-state index in [1.54, 1.807) is 25.3 Å². The van der Waals surface area contributed by atoms with E-state index in [0.29, 0.717) is 23.7 Å². The van der Waals surface area contributed by atoms with E-state index >= 15 is 0 Å². The number of unbranched alkanes of at least 4 members (excludes halogenated alkanes) is 1. The predicted molar refractivity (Wildman–Crippen MR) is 76.4 cm³/mol. The predicted octanol–water partition coefficient (Wildman–Crippen LogP) is 3.67. The van der Waals surface area contributed by atoms with Crippen molar-refractivity contribution in [2.45, 2.75) is 33.1 Å². The van der Waals surface area contributed by atoms with Gasteiger partial charge in [0, 0.05) is 6.07 Å². The lowest BCUT2D eigenvalue weighted by atomic mass is 9.89. The first kappa shape index (κ1) is 15.9. The number of hydrogen-bond acceptors (Lipinski definition) is 4. The average molecular weight is 272 g/mol. The molecule has 0 aliphatic rings. The molecule has 1 rings (SSSR count). The molecular formula is C16H20N2O2. The van der Waals surface area contributed by atoms with Gasteiger partial charge in [-0.2, -0.15) is 10.5 Å². The van der Waals surface area contributed by atoms with Crippen molar-refractivity contribution in [1.29, 1.82) is 10.5 Å². The van der Waals surface area contributed by atoms with Gasteiger partial charge in [-0.05, 0) is 45.2 Å². The third-order valence-electron chi connectivity index (χ3n) is 3.05. The van der Waals surface area contributed by atoms with Crippen molar-refractivity contribution in [2.24, 2.45) is 5.41 Å². The van der Waals surface area contributed by atoms with Gasteiger partial charge in [-0.25, -0.2) is 0 Å². The molecule has 0 bridgehead atoms. The minimum atomic E-state index is -0.272. The van der Waals surface area contributed by atoms with Gasteiger partial charge >= 0.3 is 0 Å². The lowest BCUT2D eigenvalue weighted by molar-refractivity contribution is 0.278. The van der Waals surface area contributed by atoms with Crippen LogP contribution in [-0.2, 0) is 0 Å². The van der Waals surface area contributed by atoms with Gasteiger partial charge in [0.05, 0.1) is 36.8 Å². The molecule has 106 valence electrons. The Bertz CT molecular complexity index is 524. The van der Waals surface area contributed by atoms with Crippen molar-refractivity contribution in [3.05, 3.63) is 23.8 Å². The van der Waals surface area contributed by atoms with E-state index in [0.717, 1.165) is 19.3 Å². The Morgan fingerprint density at radius 2 is 1.90 bits per heavy atom. The van der Waals surface area contributed by atoms with Gasteiger partial charge in [0.1, 0.15) is 0 Å². The molecule has 0 unspecified atom stereocenters. The van der Waals surface area contributed by atoms with Crippen LogP contribution in [0.1, 0.15) is 38.7 Å². The van der Waals surface area contributed by atoms with Crippen molar-refractivity contribution in [2.75, 3.05) is 13.7 Å². The molecule has 1 aromatic rings. The second kappa shape index (κ2) is 7.40. The molecule has 0 aromatic heterocycles. The van der Waals surface area contributed by atoms with Gasteiger partial charge < -0.3 is 9.47 Å². The fourth-order valence-electron chi connectivity index (χ4n) is 1.76. The molecule has 0 saturated carbocycles. The molecule has 0 fully saturated rings. The highest BCUT2D eigenvalue weighted by molar-refractivity contribution is 5.46. The smallest absolute Gasteiger partial charge is 0.162 e. The van der Waals surface area contributed by atoms with Crippen LogP contribution in [0, 0.1) is 28.1 Å². The van der Waals surface area contributed by atoms with E-state index in [1.165, 1.54) is 0 Å². The van der Waals surface area contributed by atoms with Crippen molar-refractivity contribution < 1.29 is 9.47 Å². The Labute approximate surface area is 120 Å². The van der Waals surface area contributed by atoms with E-state index in [-0.39, 0.29) is 5.41 Å². The van der Waals surface area contributed by atoms with Crippen LogP contribution in [0.4, 0.5) is 0 Å². The Hall–Kier alpha value is -2.20. The van der Waals surface area contributed by atoms with Crippen LogP contribution in [-0.4, -0.2) is 13.7 Å². The molecule has 0 atom stereocenters. The fraction of sp³-hybridized carbons (Fsp3) is 0.500. The summed E-state index contributed by atoms with van der Waals surface area (Å²) in [5.41, 5.74) is 0.275. The highest BCUT2D eigenvalue weighted by Gasteiger charge is 2.15. The molecule has 0 N–H and O–H groups in total. The van der Waals surface area contributed by atoms with Crippen LogP contribution >= 0.6 is 0 Å². The maximum atomic E-state index is 8.92. The second-order valence-electron chi connectivity index (χ2n) is 5.28. The van der Waals surface area contributed by atoms with Gasteiger partial charge in [0.15, 0.2) is 11.5 Å². The Morgan fingerprint density at radius 3 is 2.50 bits per heavy atom. The minimum absolute atomic E-state index is 0.272. The van der Waals surface area contributed by atoms with E-state index in [4.69, 9.17) is 20.0 Å². The monoisotopic (exact) mass is 272 g/mol. The fourth-order valence-corrected chi connectivity index (χ4v) is 1.76. The van der Waals surface area contributed by atoms with Crippen LogP contribution in [0.15, 0.2) is 18.2 Å². The van der Waals surface area contributed by atoms with Crippen molar-refractivity contribution >= 4 is 0 Å². The van der Waals surface area contributed by atoms with Crippen LogP contribution in [0.5, 0.6) is 11.5 Å². The molecule has 0 aliphatic carbocycles. The number of benzene rings is 1. The first-order valence-electron chi connectivity index (χ1n) is 6.64. The lowest BCUT2D eigenvalue weighted by Crippen LogP contribution is -2.08. The van der Waals surface area contributed by atoms with E-state index < -0.39 is 0 Å². The van der Waals surface area contributed by atoms with Gasteiger partial charge in [0.2, 0.25) is 0 Å². The molecule has 4 heteroatoms. The summed E-state index contributed by atoms with van der Waals surface area (Å²) in [6.07, 6.45) is 2.69. The summed E-state index contributed by atoms with van der Waals surface area (Å²) in [5.74, 6) is 1.22. The SMILES string of the molecule is COc1cc(C#N)ccc1OCCCCC(C)(C)C#N. The van der Waals surface area contributed by atoms with E-state index in [1.807, 2.05) is 13.8 Å². The maximum Gasteiger partial charge on any atom is 0.162 e. The van der Waals surface area contributed by atoms with Crippen molar-refractivity contribution in [3.8, 4) is 23.6 Å². The standard InChI is InChI=1S/C16H20N2O2/c1-16(2,12-18)8-4-5-9-20-14-7-6-13(11-17)10-15(14)19-3/h6-7,10H,4-5,8-9H2,1-3H3. The quantitative estimate of drug-likeness (QED) is 0.710. The van der Waals surface area contributed by atoms with Gasteiger partial charge in [-0.3, -0.25) is 0 Å². The first-order valence-corrected chi connectivity index (χ1v) is 6.64. The normalized spacial score (nSPS) is 10.4. The second-order valence-corrected chi connectivity index (χ2v) is 5.28. The molecule has 0 amide bonds. The number of rotatable bonds is 7. The molecule has 0 radical (unpaired) electrons. The molecule has 1 aromatic carbocycles. The van der Waals surface area contributed by atoms with Crippen molar-refractivity contribution in [1.82, 2.24) is 0 Å². The zero-order valence-corrected chi connectivity index (χ0v) is 12.3.